The van der Waals surface area contributed by atoms with E-state index in [2.05, 4.69) is 16.7 Å². The van der Waals surface area contributed by atoms with Crippen molar-refractivity contribution in [3.8, 4) is 6.07 Å². The fraction of sp³-hybridized carbons (Fsp3) is 0.0909. The van der Waals surface area contributed by atoms with Gasteiger partial charge in [0, 0.05) is 39.2 Å². The number of amides is 2. The first-order valence-corrected chi connectivity index (χ1v) is 14.6. The van der Waals surface area contributed by atoms with Gasteiger partial charge >= 0.3 is 0 Å². The predicted octanol–water partition coefficient (Wildman–Crippen LogP) is 7.89. The molecule has 0 saturated heterocycles. The van der Waals surface area contributed by atoms with Gasteiger partial charge in [0.25, 0.3) is 5.91 Å². The Morgan fingerprint density at radius 3 is 2.00 bits per heavy atom. The minimum absolute atomic E-state index is 0.0844. The molecule has 4 rings (SSSR count). The van der Waals surface area contributed by atoms with E-state index in [1.165, 1.54) is 0 Å². The Kier molecular flexibility index (Phi) is 11.0. The van der Waals surface area contributed by atoms with E-state index in [1.54, 1.807) is 103 Å². The zero-order chi connectivity index (χ0) is 29.9. The van der Waals surface area contributed by atoms with Crippen LogP contribution in [-0.2, 0) is 4.79 Å². The highest BCUT2D eigenvalue weighted by molar-refractivity contribution is 8.03. The van der Waals surface area contributed by atoms with E-state index in [0.717, 1.165) is 11.8 Å². The number of anilines is 1. The number of carbonyl (C=O) groups excluding carboxylic acids is 3. The lowest BCUT2D eigenvalue weighted by molar-refractivity contribution is -0.113. The van der Waals surface area contributed by atoms with E-state index < -0.39 is 11.8 Å². The van der Waals surface area contributed by atoms with Gasteiger partial charge in [-0.25, -0.2) is 0 Å². The number of nitrogens with one attached hydrogen (secondary N) is 2. The van der Waals surface area contributed by atoms with Gasteiger partial charge in [0.1, 0.15) is 0 Å². The number of benzene rings is 4. The van der Waals surface area contributed by atoms with Crippen molar-refractivity contribution in [2.24, 2.45) is 0 Å². The van der Waals surface area contributed by atoms with Crippen LogP contribution in [0, 0.1) is 11.3 Å². The molecule has 42 heavy (non-hydrogen) atoms. The van der Waals surface area contributed by atoms with E-state index >= 15 is 0 Å². The van der Waals surface area contributed by atoms with Gasteiger partial charge in [-0.1, -0.05) is 102 Å². The number of hydrogen-bond acceptors (Lipinski definition) is 5. The molecule has 4 aromatic rings. The molecule has 4 aromatic carbocycles. The Balaban J connectivity index is 1.72. The van der Waals surface area contributed by atoms with E-state index in [1.807, 2.05) is 6.07 Å². The Hall–Kier alpha value is -4.35. The quantitative estimate of drug-likeness (QED) is 0.132. The van der Waals surface area contributed by atoms with Crippen molar-refractivity contribution in [2.45, 2.75) is 12.3 Å². The number of ketones is 1. The Morgan fingerprint density at radius 2 is 1.38 bits per heavy atom. The third-order valence-electron chi connectivity index (χ3n) is 6.22. The van der Waals surface area contributed by atoms with Crippen molar-refractivity contribution in [3.05, 3.63) is 147 Å². The second-order valence-electron chi connectivity index (χ2n) is 9.09. The van der Waals surface area contributed by atoms with Gasteiger partial charge in [-0.05, 0) is 48.0 Å². The van der Waals surface area contributed by atoms with Gasteiger partial charge in [0.05, 0.1) is 22.4 Å². The summed E-state index contributed by atoms with van der Waals surface area (Å²) in [6, 6.07) is 33.1. The number of halogens is 2. The lowest BCUT2D eigenvalue weighted by Crippen LogP contribution is -2.25. The van der Waals surface area contributed by atoms with Gasteiger partial charge in [-0.15, -0.1) is 0 Å². The van der Waals surface area contributed by atoms with Crippen molar-refractivity contribution in [2.75, 3.05) is 11.1 Å². The summed E-state index contributed by atoms with van der Waals surface area (Å²) in [5.74, 6) is -1.95. The van der Waals surface area contributed by atoms with E-state index in [-0.39, 0.29) is 34.5 Å². The average Bonchev–Trinajstić information content (AvgIpc) is 3.01. The van der Waals surface area contributed by atoms with Gasteiger partial charge in [0.2, 0.25) is 5.91 Å². The first kappa shape index (κ1) is 30.6. The van der Waals surface area contributed by atoms with E-state index in [0.29, 0.717) is 32.4 Å². The maximum atomic E-state index is 13.4. The molecule has 0 bridgehead atoms. The van der Waals surface area contributed by atoms with Crippen molar-refractivity contribution < 1.29 is 14.4 Å². The van der Waals surface area contributed by atoms with Gasteiger partial charge in [-0.2, -0.15) is 5.26 Å². The summed E-state index contributed by atoms with van der Waals surface area (Å²) in [4.78, 5) is 39.5. The van der Waals surface area contributed by atoms with Crippen LogP contribution in [0.25, 0.3) is 0 Å². The predicted molar refractivity (Wildman–Crippen MR) is 169 cm³/mol. The topological polar surface area (TPSA) is 99.1 Å². The number of nitriles is 1. The third kappa shape index (κ3) is 8.34. The number of rotatable bonds is 11. The first-order valence-electron chi connectivity index (χ1n) is 12.9. The summed E-state index contributed by atoms with van der Waals surface area (Å²) >= 11 is 13.5. The van der Waals surface area contributed by atoms with E-state index in [4.69, 9.17) is 23.2 Å². The lowest BCUT2D eigenvalue weighted by Gasteiger charge is -2.21. The molecule has 2 amide bonds. The Morgan fingerprint density at radius 1 is 0.786 bits per heavy atom. The molecular weight excluding hydrogens is 589 g/mol. The molecule has 1 atom stereocenters. The maximum Gasteiger partial charge on any atom is 0.256 e. The standard InChI is InChI=1S/C33H25Cl2N3O3S/c34-24-15-17-25(18-16-24)37-31(40)21-42-33(38-32(41)23-11-5-2-6-12-23)28(20-36)27(26-13-7-8-14-29(26)35)19-30(39)22-9-3-1-4-10-22/h1-18,27H,19,21H2,(H,37,40)(H,38,41)/b33-28+/t27-/m0/s1. The Bertz CT molecular complexity index is 1640. The monoisotopic (exact) mass is 613 g/mol. The lowest BCUT2D eigenvalue weighted by atomic mass is 9.86. The summed E-state index contributed by atoms with van der Waals surface area (Å²) in [5.41, 5.74) is 2.07. The fourth-order valence-electron chi connectivity index (χ4n) is 4.15. The summed E-state index contributed by atoms with van der Waals surface area (Å²) in [7, 11) is 0. The van der Waals surface area contributed by atoms with Crippen LogP contribution >= 0.6 is 35.0 Å². The summed E-state index contributed by atoms with van der Waals surface area (Å²) in [6.07, 6.45) is -0.0844. The second-order valence-corrected chi connectivity index (χ2v) is 10.9. The molecule has 9 heteroatoms. The highest BCUT2D eigenvalue weighted by Gasteiger charge is 2.28. The molecule has 0 aliphatic carbocycles. The van der Waals surface area contributed by atoms with Crippen LogP contribution < -0.4 is 10.6 Å². The third-order valence-corrected chi connectivity index (χ3v) is 7.83. The molecule has 2 N–H and O–H groups in total. The molecule has 0 fully saturated rings. The van der Waals surface area contributed by atoms with Crippen molar-refractivity contribution in [3.63, 3.8) is 0 Å². The molecule has 6 nitrogen and oxygen atoms in total. The van der Waals surface area contributed by atoms with Gasteiger partial charge in [-0.3, -0.25) is 14.4 Å². The van der Waals surface area contributed by atoms with Crippen LogP contribution in [-0.4, -0.2) is 23.4 Å². The number of allylic oxidation sites excluding steroid dienone is 1. The number of nitrogens with zero attached hydrogens (tertiary/aromatic N) is 1. The summed E-state index contributed by atoms with van der Waals surface area (Å²) in [6.45, 7) is 0. The van der Waals surface area contributed by atoms with Crippen LogP contribution in [0.15, 0.2) is 120 Å². The molecule has 0 heterocycles. The summed E-state index contributed by atoms with van der Waals surface area (Å²) in [5, 5.41) is 17.1. The zero-order valence-electron chi connectivity index (χ0n) is 22.2. The molecule has 0 aliphatic heterocycles. The first-order chi connectivity index (χ1) is 20.4. The number of carbonyl (C=O) groups is 3. The van der Waals surface area contributed by atoms with Crippen LogP contribution in [0.2, 0.25) is 10.0 Å². The highest BCUT2D eigenvalue weighted by atomic mass is 35.5. The van der Waals surface area contributed by atoms with Crippen molar-refractivity contribution in [1.29, 1.82) is 5.26 Å². The average molecular weight is 615 g/mol. The molecule has 0 saturated carbocycles. The smallest absolute Gasteiger partial charge is 0.256 e. The van der Waals surface area contributed by atoms with Crippen LogP contribution in [0.5, 0.6) is 0 Å². The molecule has 0 unspecified atom stereocenters. The molecular formula is C33H25Cl2N3O3S. The van der Waals surface area contributed by atoms with E-state index in [9.17, 15) is 19.6 Å². The van der Waals surface area contributed by atoms with Crippen molar-refractivity contribution in [1.82, 2.24) is 5.32 Å². The highest BCUT2D eigenvalue weighted by Crippen LogP contribution is 2.37. The van der Waals surface area contributed by atoms with Crippen LogP contribution in [0.3, 0.4) is 0 Å². The SMILES string of the molecule is N#C/C(=C(/NC(=O)c1ccccc1)SCC(=O)Nc1ccc(Cl)cc1)[C@@H](CC(=O)c1ccccc1)c1ccccc1Cl. The Labute approximate surface area is 258 Å². The molecule has 0 spiro atoms. The maximum absolute atomic E-state index is 13.4. The molecule has 210 valence electrons. The molecule has 0 aliphatic rings. The van der Waals surface area contributed by atoms with Gasteiger partial charge < -0.3 is 10.6 Å². The van der Waals surface area contributed by atoms with Crippen molar-refractivity contribution >= 4 is 58.2 Å². The second kappa shape index (κ2) is 15.0. The zero-order valence-corrected chi connectivity index (χ0v) is 24.5. The number of thioether (sulfide) groups is 1. The van der Waals surface area contributed by atoms with Crippen LogP contribution in [0.4, 0.5) is 5.69 Å². The minimum Gasteiger partial charge on any atom is -0.325 e. The number of Topliss-reactive ketones (excluding diaryl/α,β-unsaturated/α-hetero) is 1. The fourth-order valence-corrected chi connectivity index (χ4v) is 5.40. The number of hydrogen-bond donors (Lipinski definition) is 2. The van der Waals surface area contributed by atoms with Gasteiger partial charge in [0.15, 0.2) is 5.78 Å². The largest absolute Gasteiger partial charge is 0.325 e. The minimum atomic E-state index is -0.797. The normalized spacial score (nSPS) is 11.9. The van der Waals surface area contributed by atoms with Crippen LogP contribution in [0.1, 0.15) is 38.6 Å². The summed E-state index contributed by atoms with van der Waals surface area (Å²) < 4.78 is 0. The molecule has 0 radical (unpaired) electrons. The molecule has 0 aromatic heterocycles.